The minimum atomic E-state index is -4.42. The van der Waals surface area contributed by atoms with Gasteiger partial charge in [0.1, 0.15) is 5.82 Å². The second-order valence-electron chi connectivity index (χ2n) is 9.87. The van der Waals surface area contributed by atoms with Crippen molar-refractivity contribution in [2.75, 3.05) is 26.2 Å². The van der Waals surface area contributed by atoms with Crippen LogP contribution in [0.5, 0.6) is 0 Å². The Bertz CT molecular complexity index is 1220. The van der Waals surface area contributed by atoms with Crippen LogP contribution in [0.25, 0.3) is 11.3 Å². The van der Waals surface area contributed by atoms with E-state index in [4.69, 9.17) is 0 Å². The number of amides is 2. The number of rotatable bonds is 3. The molecule has 0 saturated carbocycles. The van der Waals surface area contributed by atoms with Gasteiger partial charge in [0.25, 0.3) is 0 Å². The topological polar surface area (TPSA) is 72.5 Å². The summed E-state index contributed by atoms with van der Waals surface area (Å²) in [5.41, 5.74) is 2.24. The molecule has 3 heterocycles. The molecule has 5 rings (SSSR count). The van der Waals surface area contributed by atoms with Crippen molar-refractivity contribution in [3.8, 4) is 11.3 Å². The minimum Gasteiger partial charge on any atom is -0.393 e. The summed E-state index contributed by atoms with van der Waals surface area (Å²) in [6, 6.07) is 12.9. The average Bonchev–Trinajstić information content (AvgIpc) is 3.39. The number of aromatic nitrogens is 2. The molecule has 0 radical (unpaired) electrons. The van der Waals surface area contributed by atoms with Gasteiger partial charge in [-0.2, -0.15) is 18.3 Å². The van der Waals surface area contributed by atoms with Crippen LogP contribution in [-0.4, -0.2) is 63.4 Å². The predicted molar refractivity (Wildman–Crippen MR) is 129 cm³/mol. The van der Waals surface area contributed by atoms with E-state index in [1.165, 1.54) is 24.3 Å². The number of carbonyl (C=O) groups is 1. The van der Waals surface area contributed by atoms with Gasteiger partial charge in [0.2, 0.25) is 0 Å². The first-order valence-electron chi connectivity index (χ1n) is 12.4. The Hall–Kier alpha value is -3.40. The average molecular weight is 517 g/mol. The lowest BCUT2D eigenvalue weighted by Crippen LogP contribution is -2.51. The number of carbonyl (C=O) groups excluding carboxylic acids is 1. The van der Waals surface area contributed by atoms with Crippen LogP contribution in [0.15, 0.2) is 54.6 Å². The molecule has 2 amide bonds. The third-order valence-corrected chi connectivity index (χ3v) is 7.34. The third kappa shape index (κ3) is 5.64. The summed E-state index contributed by atoms with van der Waals surface area (Å²) in [6.45, 7) is 1.74. The highest BCUT2D eigenvalue weighted by Gasteiger charge is 2.36. The molecule has 0 bridgehead atoms. The van der Waals surface area contributed by atoms with Gasteiger partial charge in [-0.3, -0.25) is 5.10 Å². The lowest BCUT2D eigenvalue weighted by atomic mass is 9.82. The molecular formula is C27H28F4N4O2. The number of hydrogen-bond donors (Lipinski definition) is 2. The summed E-state index contributed by atoms with van der Waals surface area (Å²) in [5, 5.41) is 17.3. The van der Waals surface area contributed by atoms with Crippen molar-refractivity contribution < 1.29 is 27.5 Å². The van der Waals surface area contributed by atoms with Gasteiger partial charge in [-0.25, -0.2) is 9.18 Å². The van der Waals surface area contributed by atoms with Crippen molar-refractivity contribution in [1.82, 2.24) is 20.0 Å². The van der Waals surface area contributed by atoms with Crippen molar-refractivity contribution in [3.63, 3.8) is 0 Å². The maximum absolute atomic E-state index is 13.4. The van der Waals surface area contributed by atoms with Crippen LogP contribution >= 0.6 is 0 Å². The zero-order chi connectivity index (χ0) is 26.2. The normalized spacial score (nSPS) is 21.3. The second-order valence-corrected chi connectivity index (χ2v) is 9.87. The number of piperidine rings is 2. The van der Waals surface area contributed by atoms with Crippen LogP contribution in [0.4, 0.5) is 22.4 Å². The standard InChI is InChI=1S/C27H28F4N4O2/c28-22-7-3-18(4-8-22)24-14-25(33-32-24)20-13-19(17-1-5-21(6-2-17)27(29,30)31)15-35(16-20)26(37)34-11-9-23(36)10-12-34/h1-8,14,19-20,23,36H,9-13,15-16H2,(H,32,33). The highest BCUT2D eigenvalue weighted by atomic mass is 19.4. The fourth-order valence-electron chi connectivity index (χ4n) is 5.24. The summed E-state index contributed by atoms with van der Waals surface area (Å²) >= 11 is 0. The Morgan fingerprint density at radius 3 is 2.24 bits per heavy atom. The molecule has 196 valence electrons. The molecule has 0 spiro atoms. The Morgan fingerprint density at radius 1 is 0.946 bits per heavy atom. The highest BCUT2D eigenvalue weighted by Crippen LogP contribution is 2.38. The molecule has 2 saturated heterocycles. The number of nitrogens with one attached hydrogen (secondary N) is 1. The molecule has 2 unspecified atom stereocenters. The van der Waals surface area contributed by atoms with Crippen LogP contribution in [0.2, 0.25) is 0 Å². The zero-order valence-electron chi connectivity index (χ0n) is 20.1. The quantitative estimate of drug-likeness (QED) is 0.459. The number of alkyl halides is 3. The Morgan fingerprint density at radius 2 is 1.59 bits per heavy atom. The number of nitrogens with zero attached hydrogens (tertiary/aromatic N) is 3. The predicted octanol–water partition coefficient (Wildman–Crippen LogP) is 5.38. The zero-order valence-corrected chi connectivity index (χ0v) is 20.1. The summed E-state index contributed by atoms with van der Waals surface area (Å²) in [7, 11) is 0. The van der Waals surface area contributed by atoms with Crippen molar-refractivity contribution in [2.24, 2.45) is 0 Å². The van der Waals surface area contributed by atoms with E-state index in [9.17, 15) is 27.5 Å². The number of aliphatic hydroxyl groups is 1. The Balaban J connectivity index is 1.40. The molecule has 37 heavy (non-hydrogen) atoms. The van der Waals surface area contributed by atoms with Gasteiger partial charge in [-0.15, -0.1) is 0 Å². The van der Waals surface area contributed by atoms with E-state index in [1.54, 1.807) is 21.9 Å². The summed E-state index contributed by atoms with van der Waals surface area (Å²) in [4.78, 5) is 16.9. The molecule has 6 nitrogen and oxygen atoms in total. The maximum atomic E-state index is 13.4. The van der Waals surface area contributed by atoms with Gasteiger partial charge < -0.3 is 14.9 Å². The lowest BCUT2D eigenvalue weighted by molar-refractivity contribution is -0.137. The first-order chi connectivity index (χ1) is 17.7. The van der Waals surface area contributed by atoms with E-state index >= 15 is 0 Å². The van der Waals surface area contributed by atoms with Crippen LogP contribution < -0.4 is 0 Å². The SMILES string of the molecule is O=C(N1CCC(O)CC1)N1CC(c2ccc(C(F)(F)F)cc2)CC(c2cc(-c3ccc(F)cc3)n[nH]2)C1. The molecule has 1 aromatic heterocycles. The van der Waals surface area contributed by atoms with E-state index in [-0.39, 0.29) is 23.7 Å². The Kier molecular flexibility index (Phi) is 6.94. The molecule has 0 aliphatic carbocycles. The number of aliphatic hydroxyl groups excluding tert-OH is 1. The molecule has 2 aliphatic rings. The van der Waals surface area contributed by atoms with Gasteiger partial charge in [0, 0.05) is 49.3 Å². The van der Waals surface area contributed by atoms with Crippen LogP contribution in [0.1, 0.15) is 47.9 Å². The van der Waals surface area contributed by atoms with Crippen molar-refractivity contribution in [1.29, 1.82) is 0 Å². The van der Waals surface area contributed by atoms with Crippen LogP contribution in [-0.2, 0) is 6.18 Å². The number of hydrogen-bond acceptors (Lipinski definition) is 3. The summed E-state index contributed by atoms with van der Waals surface area (Å²) in [6.07, 6.45) is -3.16. The largest absolute Gasteiger partial charge is 0.416 e. The maximum Gasteiger partial charge on any atom is 0.416 e. The van der Waals surface area contributed by atoms with Crippen molar-refractivity contribution in [2.45, 2.75) is 43.4 Å². The molecule has 2 aromatic carbocycles. The van der Waals surface area contributed by atoms with Crippen molar-refractivity contribution >= 4 is 6.03 Å². The number of likely N-dealkylation sites (tertiary alicyclic amines) is 2. The summed E-state index contributed by atoms with van der Waals surface area (Å²) in [5.74, 6) is -0.634. The van der Waals surface area contributed by atoms with Crippen LogP contribution in [0, 0.1) is 5.82 Å². The smallest absolute Gasteiger partial charge is 0.393 e. The number of aromatic amines is 1. The molecular weight excluding hydrogens is 488 g/mol. The summed E-state index contributed by atoms with van der Waals surface area (Å²) < 4.78 is 52.6. The van der Waals surface area contributed by atoms with Gasteiger partial charge in [-0.05, 0) is 67.3 Å². The third-order valence-electron chi connectivity index (χ3n) is 7.34. The number of H-pyrrole nitrogens is 1. The van der Waals surface area contributed by atoms with E-state index in [2.05, 4.69) is 10.2 Å². The number of urea groups is 1. The van der Waals surface area contributed by atoms with E-state index < -0.39 is 17.8 Å². The van der Waals surface area contributed by atoms with E-state index in [0.29, 0.717) is 51.1 Å². The van der Waals surface area contributed by atoms with Gasteiger partial charge in [-0.1, -0.05) is 12.1 Å². The number of benzene rings is 2. The molecule has 3 aromatic rings. The van der Waals surface area contributed by atoms with Gasteiger partial charge in [0.05, 0.1) is 17.4 Å². The second kappa shape index (κ2) is 10.2. The van der Waals surface area contributed by atoms with Gasteiger partial charge in [0.15, 0.2) is 0 Å². The lowest BCUT2D eigenvalue weighted by Gasteiger charge is -2.41. The fourth-order valence-corrected chi connectivity index (χ4v) is 5.24. The highest BCUT2D eigenvalue weighted by molar-refractivity contribution is 5.75. The van der Waals surface area contributed by atoms with Gasteiger partial charge >= 0.3 is 12.2 Å². The van der Waals surface area contributed by atoms with E-state index in [1.807, 2.05) is 6.07 Å². The number of halogens is 4. The first-order valence-corrected chi connectivity index (χ1v) is 12.4. The van der Waals surface area contributed by atoms with E-state index in [0.717, 1.165) is 29.0 Å². The molecule has 2 fully saturated rings. The fraction of sp³-hybridized carbons (Fsp3) is 0.407. The molecule has 2 aliphatic heterocycles. The molecule has 2 N–H and O–H groups in total. The molecule has 2 atom stereocenters. The minimum absolute atomic E-state index is 0.123. The van der Waals surface area contributed by atoms with Crippen LogP contribution in [0.3, 0.4) is 0 Å². The van der Waals surface area contributed by atoms with Crippen molar-refractivity contribution in [3.05, 3.63) is 77.2 Å². The monoisotopic (exact) mass is 516 g/mol. The Labute approximate surface area is 211 Å². The molecule has 10 heteroatoms. The first kappa shape index (κ1) is 25.3.